The van der Waals surface area contributed by atoms with E-state index in [0.717, 1.165) is 12.1 Å². The highest BCUT2D eigenvalue weighted by Gasteiger charge is 2.13. The lowest BCUT2D eigenvalue weighted by atomic mass is 9.90. The molecule has 0 spiro atoms. The normalized spacial score (nSPS) is 14.2. The van der Waals surface area contributed by atoms with Crippen LogP contribution in [-0.4, -0.2) is 11.1 Å². The molecular weight excluding hydrogens is 268 g/mol. The molecule has 1 aromatic heterocycles. The van der Waals surface area contributed by atoms with E-state index >= 15 is 0 Å². The standard InChI is InChI=1S/C16H20N2OS/c17-8-3-9-18-15(11-20-16(18)19)14-7-6-12-4-1-2-5-13(12)10-14/h6-7,10-11H,1-5,8-9,17H2. The molecule has 0 saturated carbocycles. The zero-order valence-corrected chi connectivity index (χ0v) is 12.4. The molecule has 0 amide bonds. The van der Waals surface area contributed by atoms with Gasteiger partial charge in [0.1, 0.15) is 0 Å². The Hall–Kier alpha value is -1.39. The Morgan fingerprint density at radius 1 is 1.20 bits per heavy atom. The summed E-state index contributed by atoms with van der Waals surface area (Å²) in [6.07, 6.45) is 5.78. The van der Waals surface area contributed by atoms with Crippen LogP contribution >= 0.6 is 11.3 Å². The van der Waals surface area contributed by atoms with E-state index in [1.807, 2.05) is 9.95 Å². The van der Waals surface area contributed by atoms with Gasteiger partial charge in [0.15, 0.2) is 0 Å². The second-order valence-electron chi connectivity index (χ2n) is 5.37. The fraction of sp³-hybridized carbons (Fsp3) is 0.438. The maximum Gasteiger partial charge on any atom is 0.307 e. The van der Waals surface area contributed by atoms with Crippen LogP contribution in [-0.2, 0) is 19.4 Å². The zero-order valence-electron chi connectivity index (χ0n) is 11.6. The first kappa shape index (κ1) is 13.6. The topological polar surface area (TPSA) is 48.0 Å². The molecule has 2 N–H and O–H groups in total. The number of nitrogens with zero attached hydrogens (tertiary/aromatic N) is 1. The first-order chi connectivity index (χ1) is 9.79. The van der Waals surface area contributed by atoms with Gasteiger partial charge in [-0.1, -0.05) is 23.5 Å². The third-order valence-electron chi connectivity index (χ3n) is 4.01. The molecule has 1 aromatic carbocycles. The van der Waals surface area contributed by atoms with Gasteiger partial charge in [0, 0.05) is 11.9 Å². The van der Waals surface area contributed by atoms with Crippen LogP contribution in [0.2, 0.25) is 0 Å². The molecule has 0 atom stereocenters. The molecule has 0 radical (unpaired) electrons. The fourth-order valence-corrected chi connectivity index (χ4v) is 3.70. The molecular formula is C16H20N2OS. The van der Waals surface area contributed by atoms with Crippen molar-refractivity contribution in [2.45, 2.75) is 38.6 Å². The van der Waals surface area contributed by atoms with Crippen LogP contribution in [0, 0.1) is 0 Å². The summed E-state index contributed by atoms with van der Waals surface area (Å²) in [5, 5.41) is 1.98. The monoisotopic (exact) mass is 288 g/mol. The molecule has 0 bridgehead atoms. The van der Waals surface area contributed by atoms with Gasteiger partial charge in [0.25, 0.3) is 0 Å². The molecule has 1 aliphatic rings. The molecule has 0 unspecified atom stereocenters. The van der Waals surface area contributed by atoms with E-state index in [0.29, 0.717) is 13.1 Å². The molecule has 2 aromatic rings. The number of rotatable bonds is 4. The lowest BCUT2D eigenvalue weighted by molar-refractivity contribution is 0.647. The highest BCUT2D eigenvalue weighted by atomic mass is 32.1. The smallest absolute Gasteiger partial charge is 0.307 e. The fourth-order valence-electron chi connectivity index (χ4n) is 2.91. The van der Waals surface area contributed by atoms with Gasteiger partial charge in [-0.15, -0.1) is 0 Å². The predicted molar refractivity (Wildman–Crippen MR) is 84.3 cm³/mol. The van der Waals surface area contributed by atoms with Crippen molar-refractivity contribution in [3.8, 4) is 11.3 Å². The maximum absolute atomic E-state index is 11.9. The summed E-state index contributed by atoms with van der Waals surface area (Å²) in [6, 6.07) is 6.67. The molecule has 0 aliphatic heterocycles. The van der Waals surface area contributed by atoms with Crippen molar-refractivity contribution in [2.75, 3.05) is 6.54 Å². The van der Waals surface area contributed by atoms with Crippen LogP contribution in [0.3, 0.4) is 0 Å². The molecule has 1 heterocycles. The lowest BCUT2D eigenvalue weighted by Crippen LogP contribution is -2.16. The third-order valence-corrected chi connectivity index (χ3v) is 4.78. The molecule has 20 heavy (non-hydrogen) atoms. The number of aryl methyl sites for hydroxylation is 2. The second kappa shape index (κ2) is 5.94. The average Bonchev–Trinajstić information content (AvgIpc) is 2.85. The zero-order chi connectivity index (χ0) is 13.9. The summed E-state index contributed by atoms with van der Waals surface area (Å²) >= 11 is 1.28. The van der Waals surface area contributed by atoms with E-state index in [1.54, 1.807) is 0 Å². The first-order valence-corrected chi connectivity index (χ1v) is 8.18. The number of hydrogen-bond donors (Lipinski definition) is 1. The predicted octanol–water partition coefficient (Wildman–Crippen LogP) is 2.80. The Balaban J connectivity index is 1.98. The quantitative estimate of drug-likeness (QED) is 0.940. The largest absolute Gasteiger partial charge is 0.330 e. The van der Waals surface area contributed by atoms with E-state index in [4.69, 9.17) is 5.73 Å². The highest BCUT2D eigenvalue weighted by Crippen LogP contribution is 2.27. The van der Waals surface area contributed by atoms with Gasteiger partial charge < -0.3 is 5.73 Å². The molecule has 3 nitrogen and oxygen atoms in total. The number of aromatic nitrogens is 1. The van der Waals surface area contributed by atoms with Gasteiger partial charge in [0.2, 0.25) is 0 Å². The van der Waals surface area contributed by atoms with E-state index in [9.17, 15) is 4.79 Å². The SMILES string of the molecule is NCCCn1c(-c2ccc3c(c2)CCCC3)csc1=O. The number of benzene rings is 1. The van der Waals surface area contributed by atoms with E-state index < -0.39 is 0 Å². The summed E-state index contributed by atoms with van der Waals surface area (Å²) in [5.41, 5.74) is 10.7. The van der Waals surface area contributed by atoms with Crippen molar-refractivity contribution in [1.29, 1.82) is 0 Å². The van der Waals surface area contributed by atoms with Crippen LogP contribution < -0.4 is 10.6 Å². The van der Waals surface area contributed by atoms with E-state index in [2.05, 4.69) is 18.2 Å². The summed E-state index contributed by atoms with van der Waals surface area (Å²) in [4.78, 5) is 12.1. The number of thiazole rings is 1. The molecule has 106 valence electrons. The van der Waals surface area contributed by atoms with Crippen molar-refractivity contribution in [2.24, 2.45) is 5.73 Å². The summed E-state index contributed by atoms with van der Waals surface area (Å²) in [6.45, 7) is 1.33. The Morgan fingerprint density at radius 2 is 2.00 bits per heavy atom. The van der Waals surface area contributed by atoms with Gasteiger partial charge in [-0.05, 0) is 61.4 Å². The van der Waals surface area contributed by atoms with Crippen molar-refractivity contribution in [3.05, 3.63) is 44.4 Å². The Kier molecular flexibility index (Phi) is 4.03. The van der Waals surface area contributed by atoms with Gasteiger partial charge in [-0.25, -0.2) is 0 Å². The van der Waals surface area contributed by atoms with Gasteiger partial charge in [-0.2, -0.15) is 0 Å². The maximum atomic E-state index is 11.9. The van der Waals surface area contributed by atoms with Gasteiger partial charge >= 0.3 is 4.87 Å². The minimum Gasteiger partial charge on any atom is -0.330 e. The number of nitrogens with two attached hydrogens (primary N) is 1. The summed E-state index contributed by atoms with van der Waals surface area (Å²) in [7, 11) is 0. The number of hydrogen-bond acceptors (Lipinski definition) is 3. The van der Waals surface area contributed by atoms with E-state index in [-0.39, 0.29) is 4.87 Å². The lowest BCUT2D eigenvalue weighted by Gasteiger charge is -2.17. The summed E-state index contributed by atoms with van der Waals surface area (Å²) < 4.78 is 1.86. The highest BCUT2D eigenvalue weighted by molar-refractivity contribution is 7.07. The second-order valence-corrected chi connectivity index (χ2v) is 6.19. The van der Waals surface area contributed by atoms with E-state index in [1.165, 1.54) is 53.7 Å². The van der Waals surface area contributed by atoms with Gasteiger partial charge in [0.05, 0.1) is 5.69 Å². The minimum absolute atomic E-state index is 0.117. The summed E-state index contributed by atoms with van der Waals surface area (Å²) in [5.74, 6) is 0. The van der Waals surface area contributed by atoms with Crippen LogP contribution in [0.1, 0.15) is 30.4 Å². The Labute approximate surface area is 123 Å². The van der Waals surface area contributed by atoms with Crippen LogP contribution in [0.15, 0.2) is 28.4 Å². The van der Waals surface area contributed by atoms with Crippen molar-refractivity contribution >= 4 is 11.3 Å². The molecule has 0 fully saturated rings. The van der Waals surface area contributed by atoms with Crippen LogP contribution in [0.5, 0.6) is 0 Å². The average molecular weight is 288 g/mol. The third kappa shape index (κ3) is 2.58. The van der Waals surface area contributed by atoms with Crippen molar-refractivity contribution < 1.29 is 0 Å². The minimum atomic E-state index is 0.117. The Bertz CT molecular complexity index is 657. The van der Waals surface area contributed by atoms with Gasteiger partial charge in [-0.3, -0.25) is 9.36 Å². The molecule has 4 heteroatoms. The molecule has 0 saturated heterocycles. The van der Waals surface area contributed by atoms with Crippen LogP contribution in [0.4, 0.5) is 0 Å². The van der Waals surface area contributed by atoms with Crippen LogP contribution in [0.25, 0.3) is 11.3 Å². The first-order valence-electron chi connectivity index (χ1n) is 7.30. The van der Waals surface area contributed by atoms with Crippen molar-refractivity contribution in [1.82, 2.24) is 4.57 Å². The van der Waals surface area contributed by atoms with Crippen molar-refractivity contribution in [3.63, 3.8) is 0 Å². The molecule has 3 rings (SSSR count). The molecule has 1 aliphatic carbocycles. The Morgan fingerprint density at radius 3 is 2.80 bits per heavy atom. The number of fused-ring (bicyclic) bond motifs is 1.